The SMILES string of the molecule is CCCC(C)(CC)COCO. The van der Waals surface area contributed by atoms with Crippen LogP contribution >= 0.6 is 0 Å². The Kier molecular flexibility index (Phi) is 5.51. The number of hydrogen-bond donors (Lipinski definition) is 1. The molecule has 0 bridgehead atoms. The molecule has 68 valence electrons. The fourth-order valence-electron chi connectivity index (χ4n) is 1.25. The maximum atomic E-state index is 8.47. The van der Waals surface area contributed by atoms with E-state index in [1.165, 1.54) is 12.8 Å². The molecule has 2 nitrogen and oxygen atoms in total. The Bertz CT molecular complexity index is 93.6. The molecule has 0 aromatic heterocycles. The van der Waals surface area contributed by atoms with Gasteiger partial charge in [0, 0.05) is 0 Å². The average Bonchev–Trinajstić information content (AvgIpc) is 2.02. The summed E-state index contributed by atoms with van der Waals surface area (Å²) in [6.07, 6.45) is 3.46. The van der Waals surface area contributed by atoms with Gasteiger partial charge in [0.25, 0.3) is 0 Å². The Labute approximate surface area is 69.6 Å². The Balaban J connectivity index is 3.68. The molecule has 0 aromatic rings. The van der Waals surface area contributed by atoms with Crippen LogP contribution in [0.3, 0.4) is 0 Å². The molecule has 0 aliphatic heterocycles. The lowest BCUT2D eigenvalue weighted by molar-refractivity contribution is -0.0431. The Morgan fingerprint density at radius 3 is 2.36 bits per heavy atom. The van der Waals surface area contributed by atoms with Gasteiger partial charge in [0.1, 0.15) is 6.79 Å². The summed E-state index contributed by atoms with van der Waals surface area (Å²) >= 11 is 0. The molecule has 0 saturated carbocycles. The van der Waals surface area contributed by atoms with E-state index in [9.17, 15) is 0 Å². The smallest absolute Gasteiger partial charge is 0.143 e. The van der Waals surface area contributed by atoms with Crippen molar-refractivity contribution in [1.82, 2.24) is 0 Å². The summed E-state index contributed by atoms with van der Waals surface area (Å²) in [6.45, 7) is 7.06. The molecule has 2 heteroatoms. The van der Waals surface area contributed by atoms with Crippen molar-refractivity contribution in [2.45, 2.75) is 40.0 Å². The van der Waals surface area contributed by atoms with E-state index < -0.39 is 0 Å². The van der Waals surface area contributed by atoms with E-state index >= 15 is 0 Å². The third-order valence-corrected chi connectivity index (χ3v) is 2.25. The van der Waals surface area contributed by atoms with Crippen LogP contribution in [0.5, 0.6) is 0 Å². The molecule has 0 aliphatic rings. The van der Waals surface area contributed by atoms with Gasteiger partial charge >= 0.3 is 0 Å². The molecule has 0 amide bonds. The average molecular weight is 160 g/mol. The van der Waals surface area contributed by atoms with E-state index in [0.717, 1.165) is 6.42 Å². The van der Waals surface area contributed by atoms with Crippen molar-refractivity contribution >= 4 is 0 Å². The van der Waals surface area contributed by atoms with E-state index in [1.807, 2.05) is 0 Å². The van der Waals surface area contributed by atoms with Gasteiger partial charge in [-0.25, -0.2) is 0 Å². The summed E-state index contributed by atoms with van der Waals surface area (Å²) < 4.78 is 5.00. The maximum Gasteiger partial charge on any atom is 0.143 e. The standard InChI is InChI=1S/C9H20O2/c1-4-6-9(3,5-2)7-11-8-10/h10H,4-8H2,1-3H3. The minimum Gasteiger partial charge on any atom is -0.371 e. The zero-order valence-corrected chi connectivity index (χ0v) is 7.89. The van der Waals surface area contributed by atoms with Gasteiger partial charge in [-0.1, -0.05) is 27.2 Å². The molecule has 1 atom stereocenters. The highest BCUT2D eigenvalue weighted by atomic mass is 16.6. The molecule has 0 radical (unpaired) electrons. The quantitative estimate of drug-likeness (QED) is 0.603. The monoisotopic (exact) mass is 160 g/mol. The van der Waals surface area contributed by atoms with E-state index in [2.05, 4.69) is 20.8 Å². The molecule has 11 heavy (non-hydrogen) atoms. The second-order valence-electron chi connectivity index (χ2n) is 3.39. The van der Waals surface area contributed by atoms with E-state index in [0.29, 0.717) is 6.61 Å². The number of hydrogen-bond acceptors (Lipinski definition) is 2. The minimum absolute atomic E-state index is 0.153. The predicted octanol–water partition coefficient (Wildman–Crippen LogP) is 2.17. The van der Waals surface area contributed by atoms with Crippen LogP contribution in [0, 0.1) is 5.41 Å². The van der Waals surface area contributed by atoms with Gasteiger partial charge in [-0.15, -0.1) is 0 Å². The van der Waals surface area contributed by atoms with Crippen molar-refractivity contribution in [3.8, 4) is 0 Å². The molecule has 0 heterocycles. The van der Waals surface area contributed by atoms with Gasteiger partial charge < -0.3 is 9.84 Å². The zero-order valence-electron chi connectivity index (χ0n) is 7.89. The lowest BCUT2D eigenvalue weighted by Crippen LogP contribution is -2.22. The first-order valence-electron chi connectivity index (χ1n) is 4.37. The molecule has 0 fully saturated rings. The first-order valence-corrected chi connectivity index (χ1v) is 4.37. The zero-order chi connectivity index (χ0) is 8.74. The van der Waals surface area contributed by atoms with Crippen LogP contribution in [0.15, 0.2) is 0 Å². The van der Waals surface area contributed by atoms with E-state index in [4.69, 9.17) is 9.84 Å². The van der Waals surface area contributed by atoms with Crippen molar-refractivity contribution in [3.63, 3.8) is 0 Å². The second kappa shape index (κ2) is 5.56. The molecule has 1 N–H and O–H groups in total. The molecule has 0 spiro atoms. The van der Waals surface area contributed by atoms with Gasteiger partial charge in [0.15, 0.2) is 0 Å². The summed E-state index contributed by atoms with van der Waals surface area (Å²) in [5.41, 5.74) is 0.261. The van der Waals surface area contributed by atoms with Crippen molar-refractivity contribution < 1.29 is 9.84 Å². The van der Waals surface area contributed by atoms with Crippen LogP contribution in [0.1, 0.15) is 40.0 Å². The van der Waals surface area contributed by atoms with E-state index in [1.54, 1.807) is 0 Å². The Morgan fingerprint density at radius 2 is 2.00 bits per heavy atom. The topological polar surface area (TPSA) is 29.5 Å². The molecule has 0 saturated heterocycles. The van der Waals surface area contributed by atoms with Crippen molar-refractivity contribution in [2.24, 2.45) is 5.41 Å². The van der Waals surface area contributed by atoms with Crippen LogP contribution in [0.4, 0.5) is 0 Å². The van der Waals surface area contributed by atoms with Gasteiger partial charge in [0.05, 0.1) is 6.61 Å². The number of aliphatic hydroxyl groups excluding tert-OH is 1. The Hall–Kier alpha value is -0.0800. The fourth-order valence-corrected chi connectivity index (χ4v) is 1.25. The maximum absolute atomic E-state index is 8.47. The normalized spacial score (nSPS) is 16.4. The summed E-state index contributed by atoms with van der Waals surface area (Å²) in [7, 11) is 0. The number of ether oxygens (including phenoxy) is 1. The van der Waals surface area contributed by atoms with Crippen LogP contribution in [-0.2, 0) is 4.74 Å². The minimum atomic E-state index is -0.153. The van der Waals surface area contributed by atoms with Crippen LogP contribution < -0.4 is 0 Å². The highest BCUT2D eigenvalue weighted by Gasteiger charge is 2.20. The number of rotatable bonds is 6. The predicted molar refractivity (Wildman–Crippen MR) is 46.3 cm³/mol. The highest BCUT2D eigenvalue weighted by Crippen LogP contribution is 2.27. The molecular formula is C9H20O2. The largest absolute Gasteiger partial charge is 0.371 e. The van der Waals surface area contributed by atoms with Crippen LogP contribution in [0.2, 0.25) is 0 Å². The highest BCUT2D eigenvalue weighted by molar-refractivity contribution is 4.70. The van der Waals surface area contributed by atoms with Crippen LogP contribution in [-0.4, -0.2) is 18.5 Å². The molecule has 0 rings (SSSR count). The van der Waals surface area contributed by atoms with Crippen molar-refractivity contribution in [3.05, 3.63) is 0 Å². The summed E-state index contributed by atoms with van der Waals surface area (Å²) in [6, 6.07) is 0. The number of aliphatic hydroxyl groups is 1. The first-order chi connectivity index (χ1) is 5.18. The third kappa shape index (κ3) is 4.38. The fraction of sp³-hybridized carbons (Fsp3) is 1.00. The molecule has 0 aromatic carbocycles. The lowest BCUT2D eigenvalue weighted by Gasteiger charge is -2.26. The van der Waals surface area contributed by atoms with Crippen molar-refractivity contribution in [2.75, 3.05) is 13.4 Å². The molecule has 0 aliphatic carbocycles. The van der Waals surface area contributed by atoms with Gasteiger partial charge in [-0.2, -0.15) is 0 Å². The summed E-state index contributed by atoms with van der Waals surface area (Å²) in [4.78, 5) is 0. The lowest BCUT2D eigenvalue weighted by atomic mass is 9.84. The van der Waals surface area contributed by atoms with E-state index in [-0.39, 0.29) is 12.2 Å². The molecule has 1 unspecified atom stereocenters. The van der Waals surface area contributed by atoms with Crippen LogP contribution in [0.25, 0.3) is 0 Å². The Morgan fingerprint density at radius 1 is 1.36 bits per heavy atom. The van der Waals surface area contributed by atoms with Gasteiger partial charge in [-0.3, -0.25) is 0 Å². The second-order valence-corrected chi connectivity index (χ2v) is 3.39. The first kappa shape index (κ1) is 10.9. The van der Waals surface area contributed by atoms with Crippen molar-refractivity contribution in [1.29, 1.82) is 0 Å². The van der Waals surface area contributed by atoms with Gasteiger partial charge in [-0.05, 0) is 18.3 Å². The summed E-state index contributed by atoms with van der Waals surface area (Å²) in [5, 5.41) is 8.47. The molecular weight excluding hydrogens is 140 g/mol. The summed E-state index contributed by atoms with van der Waals surface area (Å²) in [5.74, 6) is 0. The van der Waals surface area contributed by atoms with Gasteiger partial charge in [0.2, 0.25) is 0 Å². The third-order valence-electron chi connectivity index (χ3n) is 2.25.